The molecule has 1 aromatic rings. The van der Waals surface area contributed by atoms with Crippen LogP contribution in [-0.4, -0.2) is 27.0 Å². The normalized spacial score (nSPS) is 27.2. The number of aromatic nitrogens is 2. The van der Waals surface area contributed by atoms with E-state index in [1.807, 2.05) is 24.9 Å². The molecule has 1 saturated carbocycles. The fourth-order valence-electron chi connectivity index (χ4n) is 2.59. The summed E-state index contributed by atoms with van der Waals surface area (Å²) in [5.74, 6) is 0. The Morgan fingerprint density at radius 3 is 2.81 bits per heavy atom. The summed E-state index contributed by atoms with van der Waals surface area (Å²) in [5, 5.41) is 17.6. The van der Waals surface area contributed by atoms with Gasteiger partial charge in [-0.1, -0.05) is 0 Å². The Labute approximate surface area is 96.7 Å². The molecule has 2 N–H and O–H groups in total. The summed E-state index contributed by atoms with van der Waals surface area (Å²) >= 11 is 0. The van der Waals surface area contributed by atoms with E-state index in [1.54, 1.807) is 0 Å². The number of aliphatic hydroxyl groups is 1. The molecule has 2 rings (SSSR count). The van der Waals surface area contributed by atoms with Crippen molar-refractivity contribution < 1.29 is 5.11 Å². The third kappa shape index (κ3) is 2.28. The first-order valence-corrected chi connectivity index (χ1v) is 6.02. The van der Waals surface area contributed by atoms with Gasteiger partial charge in [0.15, 0.2) is 0 Å². The highest BCUT2D eigenvalue weighted by molar-refractivity contribution is 5.19. The fraction of sp³-hybridized carbons (Fsp3) is 0.750. The summed E-state index contributed by atoms with van der Waals surface area (Å²) < 4.78 is 1.84. The maximum Gasteiger partial charge on any atom is 0.0693 e. The molecule has 0 aromatic carbocycles. The Bertz CT molecular complexity index is 361. The number of rotatable bonds is 3. The van der Waals surface area contributed by atoms with Crippen molar-refractivity contribution in [2.24, 2.45) is 7.05 Å². The molecule has 90 valence electrons. The van der Waals surface area contributed by atoms with Gasteiger partial charge in [-0.15, -0.1) is 0 Å². The number of nitrogens with zero attached hydrogens (tertiary/aromatic N) is 2. The van der Waals surface area contributed by atoms with E-state index < -0.39 is 0 Å². The molecule has 4 heteroatoms. The van der Waals surface area contributed by atoms with E-state index in [2.05, 4.69) is 17.3 Å². The smallest absolute Gasteiger partial charge is 0.0693 e. The molecule has 0 radical (unpaired) electrons. The Balaban J connectivity index is 2.02. The predicted octanol–water partition coefficient (Wildman–Crippen LogP) is 1.29. The molecule has 1 aromatic heterocycles. The van der Waals surface area contributed by atoms with Gasteiger partial charge in [-0.3, -0.25) is 4.68 Å². The van der Waals surface area contributed by atoms with Crippen molar-refractivity contribution in [2.75, 3.05) is 0 Å². The molecule has 0 bridgehead atoms. The van der Waals surface area contributed by atoms with Crippen LogP contribution >= 0.6 is 0 Å². The summed E-state index contributed by atoms with van der Waals surface area (Å²) in [6.07, 6.45) is 4.99. The minimum atomic E-state index is -0.181. The predicted molar refractivity (Wildman–Crippen MR) is 63.1 cm³/mol. The fourth-order valence-corrected chi connectivity index (χ4v) is 2.59. The van der Waals surface area contributed by atoms with E-state index in [0.717, 1.165) is 25.0 Å². The van der Waals surface area contributed by atoms with Crippen LogP contribution in [0.15, 0.2) is 6.20 Å². The quantitative estimate of drug-likeness (QED) is 0.812. The van der Waals surface area contributed by atoms with Crippen LogP contribution in [0, 0.1) is 6.92 Å². The van der Waals surface area contributed by atoms with Crippen molar-refractivity contribution in [1.29, 1.82) is 0 Å². The summed E-state index contributed by atoms with van der Waals surface area (Å²) in [7, 11) is 1.94. The number of hydrogen-bond donors (Lipinski definition) is 2. The van der Waals surface area contributed by atoms with Gasteiger partial charge in [0.25, 0.3) is 0 Å². The molecule has 1 heterocycles. The first kappa shape index (κ1) is 11.6. The first-order valence-electron chi connectivity index (χ1n) is 6.02. The van der Waals surface area contributed by atoms with E-state index in [0.29, 0.717) is 0 Å². The van der Waals surface area contributed by atoms with E-state index in [1.165, 1.54) is 5.56 Å². The monoisotopic (exact) mass is 223 g/mol. The highest BCUT2D eigenvalue weighted by Crippen LogP contribution is 2.23. The van der Waals surface area contributed by atoms with Crippen molar-refractivity contribution in [2.45, 2.75) is 51.3 Å². The second-order valence-electron chi connectivity index (χ2n) is 4.84. The van der Waals surface area contributed by atoms with Gasteiger partial charge in [-0.25, -0.2) is 0 Å². The average Bonchev–Trinajstić information content (AvgIpc) is 2.74. The lowest BCUT2D eigenvalue weighted by Crippen LogP contribution is -2.37. The standard InChI is InChI=1S/C12H21N3O/c1-8(10-7-15(3)14-9(10)2)13-11-5-4-6-12(11)16/h7-8,11-13,16H,4-6H2,1-3H3. The highest BCUT2D eigenvalue weighted by Gasteiger charge is 2.27. The second kappa shape index (κ2) is 4.55. The lowest BCUT2D eigenvalue weighted by atomic mass is 10.1. The molecule has 0 amide bonds. The van der Waals surface area contributed by atoms with Gasteiger partial charge in [-0.2, -0.15) is 5.10 Å². The number of hydrogen-bond acceptors (Lipinski definition) is 3. The van der Waals surface area contributed by atoms with Gasteiger partial charge in [0, 0.05) is 30.9 Å². The van der Waals surface area contributed by atoms with Crippen LogP contribution in [-0.2, 0) is 7.05 Å². The number of nitrogens with one attached hydrogen (secondary N) is 1. The molecule has 1 fully saturated rings. The van der Waals surface area contributed by atoms with Crippen molar-refractivity contribution in [1.82, 2.24) is 15.1 Å². The molecular formula is C12H21N3O. The molecule has 1 aliphatic rings. The molecule has 4 nitrogen and oxygen atoms in total. The van der Waals surface area contributed by atoms with E-state index in [9.17, 15) is 5.11 Å². The van der Waals surface area contributed by atoms with Crippen LogP contribution in [0.4, 0.5) is 0 Å². The maximum atomic E-state index is 9.78. The largest absolute Gasteiger partial charge is 0.392 e. The zero-order valence-electron chi connectivity index (χ0n) is 10.3. The van der Waals surface area contributed by atoms with Crippen molar-refractivity contribution in [3.8, 4) is 0 Å². The molecule has 3 unspecified atom stereocenters. The van der Waals surface area contributed by atoms with Crippen molar-refractivity contribution in [3.05, 3.63) is 17.5 Å². The Kier molecular flexibility index (Phi) is 3.30. The maximum absolute atomic E-state index is 9.78. The van der Waals surface area contributed by atoms with Crippen LogP contribution in [0.1, 0.15) is 43.5 Å². The molecule has 0 saturated heterocycles. The van der Waals surface area contributed by atoms with Gasteiger partial charge in [-0.05, 0) is 33.1 Å². The summed E-state index contributed by atoms with van der Waals surface area (Å²) in [4.78, 5) is 0. The molecule has 3 atom stereocenters. The van der Waals surface area contributed by atoms with Gasteiger partial charge < -0.3 is 10.4 Å². The lowest BCUT2D eigenvalue weighted by molar-refractivity contribution is 0.144. The SMILES string of the molecule is Cc1nn(C)cc1C(C)NC1CCCC1O. The van der Waals surface area contributed by atoms with Crippen LogP contribution < -0.4 is 5.32 Å². The van der Waals surface area contributed by atoms with Crippen LogP contribution in [0.2, 0.25) is 0 Å². The van der Waals surface area contributed by atoms with Gasteiger partial charge in [0.2, 0.25) is 0 Å². The molecule has 0 spiro atoms. The zero-order chi connectivity index (χ0) is 11.7. The summed E-state index contributed by atoms with van der Waals surface area (Å²) in [5.41, 5.74) is 2.29. The van der Waals surface area contributed by atoms with E-state index >= 15 is 0 Å². The number of aryl methyl sites for hydroxylation is 2. The minimum Gasteiger partial charge on any atom is -0.392 e. The zero-order valence-corrected chi connectivity index (χ0v) is 10.3. The van der Waals surface area contributed by atoms with Gasteiger partial charge in [0.05, 0.1) is 11.8 Å². The Hall–Kier alpha value is -0.870. The van der Waals surface area contributed by atoms with E-state index in [-0.39, 0.29) is 18.2 Å². The third-order valence-electron chi connectivity index (χ3n) is 3.46. The molecule has 16 heavy (non-hydrogen) atoms. The first-order chi connectivity index (χ1) is 7.58. The number of aliphatic hydroxyl groups excluding tert-OH is 1. The average molecular weight is 223 g/mol. The van der Waals surface area contributed by atoms with Crippen LogP contribution in [0.25, 0.3) is 0 Å². The van der Waals surface area contributed by atoms with Crippen LogP contribution in [0.3, 0.4) is 0 Å². The summed E-state index contributed by atoms with van der Waals surface area (Å²) in [6, 6.07) is 0.501. The van der Waals surface area contributed by atoms with Crippen LogP contribution in [0.5, 0.6) is 0 Å². The Morgan fingerprint density at radius 1 is 1.56 bits per heavy atom. The molecule has 1 aliphatic carbocycles. The summed E-state index contributed by atoms with van der Waals surface area (Å²) in [6.45, 7) is 4.16. The lowest BCUT2D eigenvalue weighted by Gasteiger charge is -2.21. The van der Waals surface area contributed by atoms with Gasteiger partial charge >= 0.3 is 0 Å². The molecular weight excluding hydrogens is 202 g/mol. The van der Waals surface area contributed by atoms with Crippen molar-refractivity contribution >= 4 is 0 Å². The molecule has 0 aliphatic heterocycles. The third-order valence-corrected chi connectivity index (χ3v) is 3.46. The topological polar surface area (TPSA) is 50.1 Å². The highest BCUT2D eigenvalue weighted by atomic mass is 16.3. The van der Waals surface area contributed by atoms with Gasteiger partial charge in [0.1, 0.15) is 0 Å². The van der Waals surface area contributed by atoms with Crippen molar-refractivity contribution in [3.63, 3.8) is 0 Å². The van der Waals surface area contributed by atoms with E-state index in [4.69, 9.17) is 0 Å². The second-order valence-corrected chi connectivity index (χ2v) is 4.84. The Morgan fingerprint density at radius 2 is 2.31 bits per heavy atom. The minimum absolute atomic E-state index is 0.181.